The lowest BCUT2D eigenvalue weighted by Gasteiger charge is -2.25. The lowest BCUT2D eigenvalue weighted by molar-refractivity contribution is -0.115. The van der Waals surface area contributed by atoms with Crippen LogP contribution in [0.15, 0.2) is 0 Å². The quantitative estimate of drug-likeness (QED) is 0.451. The topological polar surface area (TPSA) is 109 Å². The van der Waals surface area contributed by atoms with E-state index in [0.29, 0.717) is 6.29 Å². The zero-order valence-corrected chi connectivity index (χ0v) is 8.22. The lowest BCUT2D eigenvalue weighted by Crippen LogP contribution is -2.31. The lowest BCUT2D eigenvalue weighted by atomic mass is 10.0. The number of carbonyl (C=O) groups excluding carboxylic acids is 3. The Morgan fingerprint density at radius 1 is 1.14 bits per heavy atom. The third-order valence-electron chi connectivity index (χ3n) is 1.93. The molecule has 80 valence electrons. The van der Waals surface area contributed by atoms with Gasteiger partial charge in [-0.15, -0.1) is 0 Å². The van der Waals surface area contributed by atoms with Crippen LogP contribution in [-0.4, -0.2) is 33.8 Å². The van der Waals surface area contributed by atoms with Gasteiger partial charge in [0, 0.05) is 12.8 Å². The molecular weight excluding hydrogens is 211 g/mol. The van der Waals surface area contributed by atoms with Crippen LogP contribution >= 0.6 is 7.60 Å². The molecule has 0 aromatic rings. The van der Waals surface area contributed by atoms with Gasteiger partial charge in [-0.25, -0.2) is 0 Å². The summed E-state index contributed by atoms with van der Waals surface area (Å²) in [6.45, 7) is 0. The van der Waals surface area contributed by atoms with Crippen LogP contribution in [0.4, 0.5) is 0 Å². The summed E-state index contributed by atoms with van der Waals surface area (Å²) in [5.41, 5.74) is 0. The molecule has 0 aliphatic heterocycles. The Labute approximate surface area is 80.5 Å². The highest BCUT2D eigenvalue weighted by atomic mass is 31.2. The van der Waals surface area contributed by atoms with Crippen molar-refractivity contribution >= 4 is 26.5 Å². The molecule has 0 radical (unpaired) electrons. The highest BCUT2D eigenvalue weighted by Gasteiger charge is 2.46. The van der Waals surface area contributed by atoms with Crippen LogP contribution < -0.4 is 0 Å². The monoisotopic (exact) mass is 222 g/mol. The fourth-order valence-electron chi connectivity index (χ4n) is 0.995. The number of aldehydes is 3. The van der Waals surface area contributed by atoms with Gasteiger partial charge in [0.05, 0.1) is 0 Å². The smallest absolute Gasteiger partial charge is 0.324 e. The molecule has 2 N–H and O–H groups in total. The molecule has 0 aromatic carbocycles. The maximum atomic E-state index is 11.0. The van der Waals surface area contributed by atoms with Crippen LogP contribution in [0, 0.1) is 0 Å². The second kappa shape index (κ2) is 5.14. The van der Waals surface area contributed by atoms with Gasteiger partial charge in [0.2, 0.25) is 0 Å². The van der Waals surface area contributed by atoms with Crippen molar-refractivity contribution in [1.29, 1.82) is 0 Å². The minimum Gasteiger partial charge on any atom is -0.324 e. The van der Waals surface area contributed by atoms with Crippen LogP contribution in [0.3, 0.4) is 0 Å². The molecule has 0 aromatic heterocycles. The van der Waals surface area contributed by atoms with Crippen molar-refractivity contribution in [3.05, 3.63) is 0 Å². The van der Waals surface area contributed by atoms with Gasteiger partial charge in [-0.1, -0.05) is 0 Å². The SMILES string of the molecule is O=CCCC(C=O)(CC=O)P(=O)(O)O. The molecular formula is C7H11O6P. The number of hydrogen-bond acceptors (Lipinski definition) is 4. The van der Waals surface area contributed by atoms with E-state index in [9.17, 15) is 18.9 Å². The van der Waals surface area contributed by atoms with Crippen molar-refractivity contribution in [2.45, 2.75) is 24.4 Å². The molecule has 0 aliphatic rings. The Morgan fingerprint density at radius 2 is 1.71 bits per heavy atom. The zero-order chi connectivity index (χ0) is 11.2. The molecule has 1 atom stereocenters. The fraction of sp³-hybridized carbons (Fsp3) is 0.571. The van der Waals surface area contributed by atoms with Crippen molar-refractivity contribution in [3.63, 3.8) is 0 Å². The maximum absolute atomic E-state index is 11.0. The van der Waals surface area contributed by atoms with Gasteiger partial charge >= 0.3 is 7.60 Å². The van der Waals surface area contributed by atoms with Crippen molar-refractivity contribution in [2.24, 2.45) is 0 Å². The van der Waals surface area contributed by atoms with Crippen LogP contribution in [0.2, 0.25) is 0 Å². The van der Waals surface area contributed by atoms with Crippen LogP contribution in [0.1, 0.15) is 19.3 Å². The first-order chi connectivity index (χ1) is 6.43. The maximum Gasteiger partial charge on any atom is 0.339 e. The van der Waals surface area contributed by atoms with Gasteiger partial charge in [0.1, 0.15) is 24.0 Å². The van der Waals surface area contributed by atoms with Gasteiger partial charge in [-0.3, -0.25) is 4.57 Å². The Kier molecular flexibility index (Phi) is 4.83. The Bertz CT molecular complexity index is 269. The summed E-state index contributed by atoms with van der Waals surface area (Å²) >= 11 is 0. The number of rotatable bonds is 7. The normalized spacial score (nSPS) is 15.6. The predicted octanol–water partition coefficient (Wildman–Crippen LogP) is -0.330. The largest absolute Gasteiger partial charge is 0.339 e. The van der Waals surface area contributed by atoms with Gasteiger partial charge < -0.3 is 24.2 Å². The van der Waals surface area contributed by atoms with Crippen LogP contribution in [-0.2, 0) is 18.9 Å². The van der Waals surface area contributed by atoms with E-state index in [4.69, 9.17) is 9.79 Å². The molecule has 1 unspecified atom stereocenters. The van der Waals surface area contributed by atoms with E-state index in [1.54, 1.807) is 0 Å². The Balaban J connectivity index is 4.96. The highest BCUT2D eigenvalue weighted by molar-refractivity contribution is 7.54. The summed E-state index contributed by atoms with van der Waals surface area (Å²) in [4.78, 5) is 48.6. The minimum atomic E-state index is -4.71. The molecule has 0 fully saturated rings. The molecule has 0 spiro atoms. The number of carbonyl (C=O) groups is 3. The standard InChI is InChI=1S/C7H11O6P/c8-4-1-2-7(6-10,3-5-9)14(11,12)13/h4-6H,1-3H2,(H2,11,12,13). The highest BCUT2D eigenvalue weighted by Crippen LogP contribution is 2.53. The van der Waals surface area contributed by atoms with E-state index in [1.807, 2.05) is 0 Å². The van der Waals surface area contributed by atoms with E-state index in [2.05, 4.69) is 0 Å². The molecule has 0 rings (SSSR count). The summed E-state index contributed by atoms with van der Waals surface area (Å²) in [6.07, 6.45) is -0.294. The van der Waals surface area contributed by atoms with Crippen molar-refractivity contribution in [1.82, 2.24) is 0 Å². The average Bonchev–Trinajstić information content (AvgIpc) is 2.10. The van der Waals surface area contributed by atoms with E-state index in [-0.39, 0.29) is 25.4 Å². The van der Waals surface area contributed by atoms with Crippen molar-refractivity contribution in [3.8, 4) is 0 Å². The van der Waals surface area contributed by atoms with Gasteiger partial charge in [0.25, 0.3) is 0 Å². The summed E-state index contributed by atoms with van der Waals surface area (Å²) in [7, 11) is -4.71. The van der Waals surface area contributed by atoms with Crippen LogP contribution in [0.25, 0.3) is 0 Å². The molecule has 0 saturated heterocycles. The average molecular weight is 222 g/mol. The van der Waals surface area contributed by atoms with E-state index >= 15 is 0 Å². The van der Waals surface area contributed by atoms with Gasteiger partial charge in [-0.05, 0) is 6.42 Å². The van der Waals surface area contributed by atoms with E-state index in [0.717, 1.165) is 0 Å². The van der Waals surface area contributed by atoms with Crippen molar-refractivity contribution in [2.75, 3.05) is 0 Å². The Morgan fingerprint density at radius 3 is 2.00 bits per heavy atom. The summed E-state index contributed by atoms with van der Waals surface area (Å²) in [5, 5.41) is -2.03. The molecule has 0 amide bonds. The second-order valence-corrected chi connectivity index (χ2v) is 4.82. The third-order valence-corrected chi connectivity index (χ3v) is 3.60. The molecule has 14 heavy (non-hydrogen) atoms. The summed E-state index contributed by atoms with van der Waals surface area (Å²) < 4.78 is 11.0. The molecule has 6 nitrogen and oxygen atoms in total. The predicted molar refractivity (Wildman–Crippen MR) is 46.8 cm³/mol. The minimum absolute atomic E-state index is 0.0612. The molecule has 7 heteroatoms. The van der Waals surface area contributed by atoms with Crippen molar-refractivity contribution < 1.29 is 28.7 Å². The van der Waals surface area contributed by atoms with Crippen LogP contribution in [0.5, 0.6) is 0 Å². The second-order valence-electron chi connectivity index (χ2n) is 2.84. The first kappa shape index (κ1) is 13.2. The number of hydrogen-bond donors (Lipinski definition) is 2. The third kappa shape index (κ3) is 2.83. The summed E-state index contributed by atoms with van der Waals surface area (Å²) in [6, 6.07) is 0. The van der Waals surface area contributed by atoms with E-state index < -0.39 is 19.2 Å². The first-order valence-electron chi connectivity index (χ1n) is 3.83. The first-order valence-corrected chi connectivity index (χ1v) is 5.44. The zero-order valence-electron chi connectivity index (χ0n) is 7.33. The summed E-state index contributed by atoms with van der Waals surface area (Å²) in [5.74, 6) is 0. The molecule has 0 aliphatic carbocycles. The molecule has 0 saturated carbocycles. The Hall–Kier alpha value is -0.840. The molecule has 0 heterocycles. The molecule has 0 bridgehead atoms. The fourth-order valence-corrected chi connectivity index (χ4v) is 1.87. The van der Waals surface area contributed by atoms with Gasteiger partial charge in [0.15, 0.2) is 0 Å². The van der Waals surface area contributed by atoms with E-state index in [1.165, 1.54) is 0 Å². The van der Waals surface area contributed by atoms with Gasteiger partial charge in [-0.2, -0.15) is 0 Å².